The first-order chi connectivity index (χ1) is 7.67. The molecule has 0 saturated carbocycles. The second kappa shape index (κ2) is 5.72. The van der Waals surface area contributed by atoms with Crippen LogP contribution in [0.15, 0.2) is 18.2 Å². The fraction of sp³-hybridized carbons (Fsp3) is 0.231. The standard InChI is InChI=1S/C13H12O3/c1-10-6-7-12(9-14)11(8-10)4-3-5-13(15)16-2/h6-9H,5H2,1-2H3. The molecule has 0 spiro atoms. The van der Waals surface area contributed by atoms with Crippen molar-refractivity contribution in [3.8, 4) is 11.8 Å². The number of rotatable bonds is 2. The fourth-order valence-corrected chi connectivity index (χ4v) is 1.16. The summed E-state index contributed by atoms with van der Waals surface area (Å²) in [6.45, 7) is 1.92. The molecule has 0 radical (unpaired) electrons. The molecule has 16 heavy (non-hydrogen) atoms. The first-order valence-corrected chi connectivity index (χ1v) is 4.79. The summed E-state index contributed by atoms with van der Waals surface area (Å²) in [7, 11) is 1.31. The number of aryl methyl sites for hydroxylation is 1. The number of hydrogen-bond acceptors (Lipinski definition) is 3. The fourth-order valence-electron chi connectivity index (χ4n) is 1.16. The quantitative estimate of drug-likeness (QED) is 0.429. The van der Waals surface area contributed by atoms with Crippen molar-refractivity contribution >= 4 is 12.3 Å². The van der Waals surface area contributed by atoms with Gasteiger partial charge in [-0.1, -0.05) is 24.0 Å². The molecule has 0 aliphatic heterocycles. The average molecular weight is 216 g/mol. The minimum Gasteiger partial charge on any atom is -0.468 e. The summed E-state index contributed by atoms with van der Waals surface area (Å²) in [5.74, 6) is 5.08. The third kappa shape index (κ3) is 3.25. The van der Waals surface area contributed by atoms with Crippen LogP contribution >= 0.6 is 0 Å². The molecule has 0 unspecified atom stereocenters. The van der Waals surface area contributed by atoms with E-state index in [4.69, 9.17) is 0 Å². The van der Waals surface area contributed by atoms with Gasteiger partial charge >= 0.3 is 5.97 Å². The molecule has 3 heteroatoms. The van der Waals surface area contributed by atoms with E-state index in [1.807, 2.05) is 19.1 Å². The van der Waals surface area contributed by atoms with Gasteiger partial charge in [0.2, 0.25) is 0 Å². The molecule has 3 nitrogen and oxygen atoms in total. The van der Waals surface area contributed by atoms with Gasteiger partial charge in [0.05, 0.1) is 7.11 Å². The Hall–Kier alpha value is -2.08. The van der Waals surface area contributed by atoms with Crippen molar-refractivity contribution in [2.45, 2.75) is 13.3 Å². The molecule has 0 heterocycles. The van der Waals surface area contributed by atoms with E-state index in [2.05, 4.69) is 16.6 Å². The zero-order valence-electron chi connectivity index (χ0n) is 9.24. The second-order valence-electron chi connectivity index (χ2n) is 3.26. The maximum Gasteiger partial charge on any atom is 0.317 e. The van der Waals surface area contributed by atoms with Crippen LogP contribution in [0.5, 0.6) is 0 Å². The van der Waals surface area contributed by atoms with Gasteiger partial charge in [-0.05, 0) is 18.6 Å². The minimum atomic E-state index is -0.382. The first kappa shape index (κ1) is 12.0. The van der Waals surface area contributed by atoms with Crippen LogP contribution < -0.4 is 0 Å². The van der Waals surface area contributed by atoms with E-state index in [1.54, 1.807) is 6.07 Å². The zero-order valence-corrected chi connectivity index (χ0v) is 9.24. The summed E-state index contributed by atoms with van der Waals surface area (Å²) >= 11 is 0. The molecule has 0 aliphatic carbocycles. The lowest BCUT2D eigenvalue weighted by Crippen LogP contribution is -1.97. The van der Waals surface area contributed by atoms with Gasteiger partial charge in [0.1, 0.15) is 6.42 Å². The van der Waals surface area contributed by atoms with Crippen molar-refractivity contribution in [3.63, 3.8) is 0 Å². The molecule has 0 amide bonds. The summed E-state index contributed by atoms with van der Waals surface area (Å²) in [4.78, 5) is 21.6. The van der Waals surface area contributed by atoms with Crippen LogP contribution in [0.1, 0.15) is 27.9 Å². The Balaban J connectivity index is 2.90. The molecule has 0 aromatic heterocycles. The van der Waals surface area contributed by atoms with Crippen LogP contribution in [0.2, 0.25) is 0 Å². The third-order valence-corrected chi connectivity index (χ3v) is 2.02. The Kier molecular flexibility index (Phi) is 4.28. The predicted octanol–water partition coefficient (Wildman–Crippen LogP) is 1.72. The molecule has 0 saturated heterocycles. The van der Waals surface area contributed by atoms with E-state index >= 15 is 0 Å². The van der Waals surface area contributed by atoms with Crippen molar-refractivity contribution in [1.29, 1.82) is 0 Å². The van der Waals surface area contributed by atoms with E-state index in [0.29, 0.717) is 11.1 Å². The topological polar surface area (TPSA) is 43.4 Å². The van der Waals surface area contributed by atoms with Gasteiger partial charge in [-0.3, -0.25) is 9.59 Å². The molecule has 0 bridgehead atoms. The van der Waals surface area contributed by atoms with Gasteiger partial charge in [0.15, 0.2) is 6.29 Å². The van der Waals surface area contributed by atoms with Gasteiger partial charge in [-0.2, -0.15) is 0 Å². The number of carbonyl (C=O) groups excluding carboxylic acids is 2. The van der Waals surface area contributed by atoms with E-state index < -0.39 is 0 Å². The van der Waals surface area contributed by atoms with Crippen molar-refractivity contribution in [1.82, 2.24) is 0 Å². The lowest BCUT2D eigenvalue weighted by molar-refractivity contribution is -0.139. The van der Waals surface area contributed by atoms with E-state index in [-0.39, 0.29) is 12.4 Å². The van der Waals surface area contributed by atoms with Crippen LogP contribution in [-0.2, 0) is 9.53 Å². The Morgan fingerprint density at radius 2 is 2.25 bits per heavy atom. The summed E-state index contributed by atoms with van der Waals surface area (Å²) in [5.41, 5.74) is 2.19. The Labute approximate surface area is 94.4 Å². The van der Waals surface area contributed by atoms with Gasteiger partial charge in [0.25, 0.3) is 0 Å². The number of esters is 1. The maximum absolute atomic E-state index is 10.8. The zero-order chi connectivity index (χ0) is 12.0. The SMILES string of the molecule is COC(=O)CC#Cc1cc(C)ccc1C=O. The highest BCUT2D eigenvalue weighted by atomic mass is 16.5. The Morgan fingerprint density at radius 1 is 1.50 bits per heavy atom. The van der Waals surface area contributed by atoms with Gasteiger partial charge in [-0.25, -0.2) is 0 Å². The smallest absolute Gasteiger partial charge is 0.317 e. The van der Waals surface area contributed by atoms with Crippen LogP contribution in [0, 0.1) is 18.8 Å². The van der Waals surface area contributed by atoms with Crippen molar-refractivity contribution in [3.05, 3.63) is 34.9 Å². The maximum atomic E-state index is 10.8. The molecule has 82 valence electrons. The van der Waals surface area contributed by atoms with Crippen molar-refractivity contribution in [2.24, 2.45) is 0 Å². The van der Waals surface area contributed by atoms with Crippen molar-refractivity contribution < 1.29 is 14.3 Å². The van der Waals surface area contributed by atoms with Crippen LogP contribution in [0.4, 0.5) is 0 Å². The van der Waals surface area contributed by atoms with Gasteiger partial charge < -0.3 is 4.74 Å². The molecular weight excluding hydrogens is 204 g/mol. The summed E-state index contributed by atoms with van der Waals surface area (Å²) in [6, 6.07) is 5.37. The molecule has 1 aromatic rings. The molecule has 0 fully saturated rings. The minimum absolute atomic E-state index is 0.0305. The number of carbonyl (C=O) groups is 2. The molecule has 1 rings (SSSR count). The van der Waals surface area contributed by atoms with Crippen molar-refractivity contribution in [2.75, 3.05) is 7.11 Å². The number of benzene rings is 1. The summed E-state index contributed by atoms with van der Waals surface area (Å²) in [5, 5.41) is 0. The van der Waals surface area contributed by atoms with Gasteiger partial charge in [-0.15, -0.1) is 0 Å². The lowest BCUT2D eigenvalue weighted by Gasteiger charge is -1.97. The highest BCUT2D eigenvalue weighted by Crippen LogP contribution is 2.08. The molecule has 1 aromatic carbocycles. The number of aldehydes is 1. The molecule has 0 atom stereocenters. The predicted molar refractivity (Wildman–Crippen MR) is 60.1 cm³/mol. The first-order valence-electron chi connectivity index (χ1n) is 4.79. The van der Waals surface area contributed by atoms with E-state index in [9.17, 15) is 9.59 Å². The van der Waals surface area contributed by atoms with Crippen LogP contribution in [-0.4, -0.2) is 19.4 Å². The summed E-state index contributed by atoms with van der Waals surface area (Å²) in [6.07, 6.45) is 0.782. The lowest BCUT2D eigenvalue weighted by atomic mass is 10.1. The van der Waals surface area contributed by atoms with E-state index in [1.165, 1.54) is 7.11 Å². The molecule has 0 N–H and O–H groups in total. The highest BCUT2D eigenvalue weighted by Gasteiger charge is 1.99. The molecular formula is C13H12O3. The van der Waals surface area contributed by atoms with Crippen LogP contribution in [0.3, 0.4) is 0 Å². The third-order valence-electron chi connectivity index (χ3n) is 2.02. The Morgan fingerprint density at radius 3 is 2.88 bits per heavy atom. The monoisotopic (exact) mass is 216 g/mol. The Bertz CT molecular complexity index is 464. The summed E-state index contributed by atoms with van der Waals surface area (Å²) < 4.78 is 4.46. The van der Waals surface area contributed by atoms with Gasteiger partial charge in [0, 0.05) is 11.1 Å². The number of methoxy groups -OCH3 is 1. The number of ether oxygens (including phenoxy) is 1. The van der Waals surface area contributed by atoms with Crippen LogP contribution in [0.25, 0.3) is 0 Å². The largest absolute Gasteiger partial charge is 0.468 e. The highest BCUT2D eigenvalue weighted by molar-refractivity contribution is 5.80. The van der Waals surface area contributed by atoms with E-state index in [0.717, 1.165) is 11.8 Å². The normalized spacial score (nSPS) is 8.88. The average Bonchev–Trinajstić information content (AvgIpc) is 2.29. The molecule has 0 aliphatic rings. The number of hydrogen-bond donors (Lipinski definition) is 0. The second-order valence-corrected chi connectivity index (χ2v) is 3.26.